The second-order valence-electron chi connectivity index (χ2n) is 3.81. The van der Waals surface area contributed by atoms with Crippen molar-refractivity contribution in [1.82, 2.24) is 4.98 Å². The molecule has 0 saturated carbocycles. The lowest BCUT2D eigenvalue weighted by molar-refractivity contribution is 1.24. The van der Waals surface area contributed by atoms with Gasteiger partial charge < -0.3 is 4.98 Å². The van der Waals surface area contributed by atoms with E-state index in [2.05, 4.69) is 55.2 Å². The summed E-state index contributed by atoms with van der Waals surface area (Å²) in [5.41, 5.74) is 2.59. The Morgan fingerprint density at radius 3 is 2.87 bits per heavy atom. The number of H-pyrrole nitrogens is 1. The van der Waals surface area contributed by atoms with Crippen molar-refractivity contribution in [3.63, 3.8) is 0 Å². The number of aromatic nitrogens is 1. The number of fused-ring (bicyclic) bond motifs is 1. The maximum Gasteiger partial charge on any atom is 0.0735 e. The largest absolute Gasteiger partial charge is 0.350 e. The average molecular weight is 217 g/mol. The van der Waals surface area contributed by atoms with Crippen molar-refractivity contribution < 1.29 is 0 Å². The molecule has 2 aromatic rings. The number of aromatic amines is 1. The van der Waals surface area contributed by atoms with E-state index < -0.39 is 0 Å². The molecule has 1 heterocycles. The Kier molecular flexibility index (Phi) is 3.17. The van der Waals surface area contributed by atoms with Gasteiger partial charge in [-0.2, -0.15) is 0 Å². The normalized spacial score (nSPS) is 10.5. The van der Waals surface area contributed by atoms with Gasteiger partial charge in [0.05, 0.1) is 5.03 Å². The van der Waals surface area contributed by atoms with Crippen LogP contribution in [0.2, 0.25) is 0 Å². The Bertz CT molecular complexity index is 445. The minimum absolute atomic E-state index is 1.04. The number of thioether (sulfide) groups is 1. The zero-order chi connectivity index (χ0) is 10.7. The molecule has 2 rings (SSSR count). The van der Waals surface area contributed by atoms with E-state index in [9.17, 15) is 0 Å². The summed E-state index contributed by atoms with van der Waals surface area (Å²) in [5, 5.41) is 2.53. The molecule has 0 fully saturated rings. The lowest BCUT2D eigenvalue weighted by Crippen LogP contribution is -1.74. The van der Waals surface area contributed by atoms with Gasteiger partial charge in [-0.1, -0.05) is 29.8 Å². The van der Waals surface area contributed by atoms with Crippen molar-refractivity contribution in [3.05, 3.63) is 42.0 Å². The monoisotopic (exact) mass is 217 g/mol. The summed E-state index contributed by atoms with van der Waals surface area (Å²) in [7, 11) is 0. The van der Waals surface area contributed by atoms with Crippen molar-refractivity contribution >= 4 is 22.7 Å². The van der Waals surface area contributed by atoms with E-state index in [1.54, 1.807) is 0 Å². The maximum atomic E-state index is 3.40. The second-order valence-corrected chi connectivity index (χ2v) is 4.88. The van der Waals surface area contributed by atoms with Crippen LogP contribution >= 0.6 is 11.8 Å². The molecule has 0 saturated heterocycles. The van der Waals surface area contributed by atoms with E-state index in [4.69, 9.17) is 0 Å². The molecule has 0 aliphatic rings. The molecule has 0 unspecified atom stereocenters. The molecular weight excluding hydrogens is 202 g/mol. The third-order valence-electron chi connectivity index (χ3n) is 2.24. The Morgan fingerprint density at radius 2 is 2.13 bits per heavy atom. The van der Waals surface area contributed by atoms with Gasteiger partial charge in [0.1, 0.15) is 0 Å². The quantitative estimate of drug-likeness (QED) is 0.601. The van der Waals surface area contributed by atoms with Crippen LogP contribution in [0.3, 0.4) is 0 Å². The highest BCUT2D eigenvalue weighted by molar-refractivity contribution is 7.99. The van der Waals surface area contributed by atoms with Crippen molar-refractivity contribution in [2.24, 2.45) is 0 Å². The molecule has 0 spiro atoms. The molecule has 0 atom stereocenters. The first-order valence-corrected chi connectivity index (χ1v) is 6.08. The fourth-order valence-electron chi connectivity index (χ4n) is 1.42. The number of para-hydroxylation sites is 1. The lowest BCUT2D eigenvalue weighted by atomic mass is 10.3. The Morgan fingerprint density at radius 1 is 1.33 bits per heavy atom. The van der Waals surface area contributed by atoms with Crippen LogP contribution in [0.15, 0.2) is 47.0 Å². The van der Waals surface area contributed by atoms with Crippen LogP contribution in [0.5, 0.6) is 0 Å². The summed E-state index contributed by atoms with van der Waals surface area (Å²) in [6, 6.07) is 10.6. The van der Waals surface area contributed by atoms with E-state index in [1.165, 1.54) is 21.5 Å². The molecule has 2 heteroatoms. The number of hydrogen-bond acceptors (Lipinski definition) is 1. The molecule has 15 heavy (non-hydrogen) atoms. The zero-order valence-corrected chi connectivity index (χ0v) is 9.90. The standard InChI is InChI=1S/C13H15NS/c1-10(2)7-8-15-13-9-11-5-3-4-6-12(11)14-13/h3-7,9,14H,8H2,1-2H3. The molecular formula is C13H15NS. The van der Waals surface area contributed by atoms with E-state index in [0.717, 1.165) is 5.75 Å². The summed E-state index contributed by atoms with van der Waals surface area (Å²) in [6.45, 7) is 4.26. The summed E-state index contributed by atoms with van der Waals surface area (Å²) < 4.78 is 0. The fourth-order valence-corrected chi connectivity index (χ4v) is 2.41. The summed E-state index contributed by atoms with van der Waals surface area (Å²) in [6.07, 6.45) is 2.25. The minimum Gasteiger partial charge on any atom is -0.350 e. The SMILES string of the molecule is CC(C)=CCSc1cc2ccccc2[nH]1. The van der Waals surface area contributed by atoms with Crippen LogP contribution in [0.25, 0.3) is 10.9 Å². The van der Waals surface area contributed by atoms with Crippen molar-refractivity contribution in [2.75, 3.05) is 5.75 Å². The molecule has 1 nitrogen and oxygen atoms in total. The number of nitrogens with one attached hydrogen (secondary N) is 1. The third kappa shape index (κ3) is 2.66. The molecule has 0 aliphatic heterocycles. The third-order valence-corrected chi connectivity index (χ3v) is 3.10. The van der Waals surface area contributed by atoms with Crippen molar-refractivity contribution in [1.29, 1.82) is 0 Å². The molecule has 78 valence electrons. The van der Waals surface area contributed by atoms with Gasteiger partial charge in [-0.25, -0.2) is 0 Å². The van der Waals surface area contributed by atoms with Gasteiger partial charge in [-0.15, -0.1) is 11.8 Å². The van der Waals surface area contributed by atoms with Gasteiger partial charge in [-0.3, -0.25) is 0 Å². The molecule has 0 amide bonds. The van der Waals surface area contributed by atoms with Gasteiger partial charge in [0.2, 0.25) is 0 Å². The number of benzene rings is 1. The smallest absolute Gasteiger partial charge is 0.0735 e. The maximum absolute atomic E-state index is 3.40. The first kappa shape index (κ1) is 10.4. The van der Waals surface area contributed by atoms with Gasteiger partial charge in [0.15, 0.2) is 0 Å². The summed E-state index contributed by atoms with van der Waals surface area (Å²) in [4.78, 5) is 3.40. The second kappa shape index (κ2) is 4.58. The highest BCUT2D eigenvalue weighted by Crippen LogP contribution is 2.23. The average Bonchev–Trinajstić information content (AvgIpc) is 2.59. The van der Waals surface area contributed by atoms with Crippen LogP contribution in [-0.2, 0) is 0 Å². The van der Waals surface area contributed by atoms with Gasteiger partial charge in [-0.05, 0) is 26.0 Å². The molecule has 1 N–H and O–H groups in total. The lowest BCUT2D eigenvalue weighted by Gasteiger charge is -1.93. The molecule has 0 bridgehead atoms. The number of allylic oxidation sites excluding steroid dienone is 1. The zero-order valence-electron chi connectivity index (χ0n) is 9.08. The summed E-state index contributed by atoms with van der Waals surface area (Å²) in [5.74, 6) is 1.04. The van der Waals surface area contributed by atoms with Crippen molar-refractivity contribution in [3.8, 4) is 0 Å². The van der Waals surface area contributed by atoms with E-state index in [0.29, 0.717) is 0 Å². The Hall–Kier alpha value is -1.15. The number of rotatable bonds is 3. The number of hydrogen-bond donors (Lipinski definition) is 1. The molecule has 1 aromatic heterocycles. The highest BCUT2D eigenvalue weighted by atomic mass is 32.2. The van der Waals surface area contributed by atoms with E-state index in [1.807, 2.05) is 11.8 Å². The predicted molar refractivity (Wildman–Crippen MR) is 68.5 cm³/mol. The van der Waals surface area contributed by atoms with Crippen LogP contribution in [0.4, 0.5) is 0 Å². The topological polar surface area (TPSA) is 15.8 Å². The van der Waals surface area contributed by atoms with Crippen LogP contribution in [-0.4, -0.2) is 10.7 Å². The molecule has 0 radical (unpaired) electrons. The fraction of sp³-hybridized carbons (Fsp3) is 0.231. The van der Waals surface area contributed by atoms with E-state index in [-0.39, 0.29) is 0 Å². The van der Waals surface area contributed by atoms with E-state index >= 15 is 0 Å². The van der Waals surface area contributed by atoms with Gasteiger partial charge in [0, 0.05) is 16.7 Å². The minimum atomic E-state index is 1.04. The molecule has 1 aromatic carbocycles. The predicted octanol–water partition coefficient (Wildman–Crippen LogP) is 4.23. The Balaban J connectivity index is 2.12. The van der Waals surface area contributed by atoms with Crippen LogP contribution < -0.4 is 0 Å². The first-order valence-electron chi connectivity index (χ1n) is 5.09. The molecule has 0 aliphatic carbocycles. The summed E-state index contributed by atoms with van der Waals surface area (Å²) >= 11 is 1.84. The van der Waals surface area contributed by atoms with Crippen molar-refractivity contribution in [2.45, 2.75) is 18.9 Å². The van der Waals surface area contributed by atoms with Crippen LogP contribution in [0.1, 0.15) is 13.8 Å². The van der Waals surface area contributed by atoms with Gasteiger partial charge >= 0.3 is 0 Å². The highest BCUT2D eigenvalue weighted by Gasteiger charge is 1.98. The van der Waals surface area contributed by atoms with Gasteiger partial charge in [0.25, 0.3) is 0 Å². The first-order chi connectivity index (χ1) is 7.25. The van der Waals surface area contributed by atoms with Crippen LogP contribution in [0, 0.1) is 0 Å². The Labute approximate surface area is 94.6 Å².